The SMILES string of the molecule is c1ccc2nc(-c3ncnc4ccccc34)ncc2c1. The first-order valence-electron chi connectivity index (χ1n) is 6.34. The van der Waals surface area contributed by atoms with E-state index in [9.17, 15) is 0 Å². The number of para-hydroxylation sites is 2. The van der Waals surface area contributed by atoms with E-state index in [1.165, 1.54) is 0 Å². The number of nitrogens with zero attached hydrogens (tertiary/aromatic N) is 4. The molecule has 4 rings (SSSR count). The Morgan fingerprint density at radius 1 is 0.700 bits per heavy atom. The molecule has 0 aliphatic rings. The molecule has 4 aromatic rings. The summed E-state index contributed by atoms with van der Waals surface area (Å²) in [5, 5.41) is 1.99. The van der Waals surface area contributed by atoms with Crippen LogP contribution in [0, 0.1) is 0 Å². The molecule has 0 saturated carbocycles. The maximum Gasteiger partial charge on any atom is 0.179 e. The van der Waals surface area contributed by atoms with E-state index in [1.54, 1.807) is 6.33 Å². The third kappa shape index (κ3) is 1.70. The monoisotopic (exact) mass is 258 g/mol. The summed E-state index contributed by atoms with van der Waals surface area (Å²) in [5.74, 6) is 0.627. The van der Waals surface area contributed by atoms with Gasteiger partial charge in [-0.2, -0.15) is 0 Å². The first kappa shape index (κ1) is 11.0. The van der Waals surface area contributed by atoms with Crippen LogP contribution in [0.2, 0.25) is 0 Å². The molecule has 0 bridgehead atoms. The second kappa shape index (κ2) is 4.35. The minimum Gasteiger partial charge on any atom is -0.236 e. The van der Waals surface area contributed by atoms with Crippen molar-refractivity contribution in [2.24, 2.45) is 0 Å². The molecule has 0 radical (unpaired) electrons. The van der Waals surface area contributed by atoms with Gasteiger partial charge in [-0.3, -0.25) is 0 Å². The van der Waals surface area contributed by atoms with Crippen LogP contribution in [-0.4, -0.2) is 19.9 Å². The van der Waals surface area contributed by atoms with E-state index in [0.717, 1.165) is 27.5 Å². The van der Waals surface area contributed by atoms with Crippen LogP contribution in [0.15, 0.2) is 61.1 Å². The Hall–Kier alpha value is -2.88. The highest BCUT2D eigenvalue weighted by atomic mass is 14.9. The summed E-state index contributed by atoms with van der Waals surface area (Å²) >= 11 is 0. The predicted octanol–water partition coefficient (Wildman–Crippen LogP) is 3.24. The molecule has 2 heterocycles. The van der Waals surface area contributed by atoms with Crippen LogP contribution in [0.25, 0.3) is 33.3 Å². The van der Waals surface area contributed by atoms with Gasteiger partial charge in [0.2, 0.25) is 0 Å². The fourth-order valence-electron chi connectivity index (χ4n) is 2.27. The summed E-state index contributed by atoms with van der Waals surface area (Å²) in [5.41, 5.74) is 2.58. The normalized spacial score (nSPS) is 11.0. The Balaban J connectivity index is 2.01. The number of aromatic nitrogens is 4. The molecule has 0 unspecified atom stereocenters. The number of hydrogen-bond acceptors (Lipinski definition) is 4. The van der Waals surface area contributed by atoms with E-state index in [1.807, 2.05) is 54.7 Å². The van der Waals surface area contributed by atoms with Gasteiger partial charge in [0, 0.05) is 17.0 Å². The number of fused-ring (bicyclic) bond motifs is 2. The van der Waals surface area contributed by atoms with Crippen molar-refractivity contribution in [3.05, 3.63) is 61.1 Å². The van der Waals surface area contributed by atoms with Crippen molar-refractivity contribution in [1.29, 1.82) is 0 Å². The Morgan fingerprint density at radius 2 is 1.50 bits per heavy atom. The van der Waals surface area contributed by atoms with Gasteiger partial charge in [0.15, 0.2) is 5.82 Å². The van der Waals surface area contributed by atoms with Crippen LogP contribution < -0.4 is 0 Å². The fraction of sp³-hybridized carbons (Fsp3) is 0. The summed E-state index contributed by atoms with van der Waals surface area (Å²) in [6, 6.07) is 15.8. The van der Waals surface area contributed by atoms with Crippen LogP contribution in [0.1, 0.15) is 0 Å². The Kier molecular flexibility index (Phi) is 2.39. The Bertz CT molecular complexity index is 913. The van der Waals surface area contributed by atoms with Crippen molar-refractivity contribution in [3.63, 3.8) is 0 Å². The summed E-state index contributed by atoms with van der Waals surface area (Å²) in [7, 11) is 0. The van der Waals surface area contributed by atoms with Gasteiger partial charge in [-0.1, -0.05) is 36.4 Å². The van der Waals surface area contributed by atoms with Gasteiger partial charge in [-0.05, 0) is 12.1 Å². The zero-order valence-electron chi connectivity index (χ0n) is 10.6. The molecule has 0 N–H and O–H groups in total. The van der Waals surface area contributed by atoms with Crippen molar-refractivity contribution in [3.8, 4) is 11.5 Å². The van der Waals surface area contributed by atoms with Crippen molar-refractivity contribution in [1.82, 2.24) is 19.9 Å². The molecule has 2 aromatic carbocycles. The maximum atomic E-state index is 4.59. The molecule has 0 atom stereocenters. The van der Waals surface area contributed by atoms with Gasteiger partial charge in [-0.25, -0.2) is 19.9 Å². The molecule has 0 spiro atoms. The topological polar surface area (TPSA) is 51.6 Å². The van der Waals surface area contributed by atoms with Gasteiger partial charge in [0.1, 0.15) is 12.0 Å². The molecule has 0 aliphatic heterocycles. The molecule has 0 amide bonds. The lowest BCUT2D eigenvalue weighted by Gasteiger charge is -2.04. The zero-order chi connectivity index (χ0) is 13.4. The molecule has 2 aromatic heterocycles. The molecule has 4 heteroatoms. The smallest absolute Gasteiger partial charge is 0.179 e. The lowest BCUT2D eigenvalue weighted by atomic mass is 10.1. The highest BCUT2D eigenvalue weighted by Crippen LogP contribution is 2.23. The van der Waals surface area contributed by atoms with Crippen molar-refractivity contribution in [2.75, 3.05) is 0 Å². The second-order valence-corrected chi connectivity index (χ2v) is 4.49. The van der Waals surface area contributed by atoms with Gasteiger partial charge < -0.3 is 0 Å². The van der Waals surface area contributed by atoms with Gasteiger partial charge in [0.25, 0.3) is 0 Å². The van der Waals surface area contributed by atoms with E-state index >= 15 is 0 Å². The van der Waals surface area contributed by atoms with Crippen LogP contribution >= 0.6 is 0 Å². The van der Waals surface area contributed by atoms with E-state index in [4.69, 9.17) is 0 Å². The molecule has 94 valence electrons. The Labute approximate surface area is 115 Å². The van der Waals surface area contributed by atoms with Crippen molar-refractivity contribution in [2.45, 2.75) is 0 Å². The highest BCUT2D eigenvalue weighted by molar-refractivity contribution is 5.91. The molecule has 0 saturated heterocycles. The second-order valence-electron chi connectivity index (χ2n) is 4.49. The van der Waals surface area contributed by atoms with Crippen LogP contribution in [0.4, 0.5) is 0 Å². The molecular formula is C16H10N4. The predicted molar refractivity (Wildman–Crippen MR) is 78.1 cm³/mol. The molecular weight excluding hydrogens is 248 g/mol. The summed E-state index contributed by atoms with van der Waals surface area (Å²) in [6.07, 6.45) is 3.38. The molecule has 4 nitrogen and oxygen atoms in total. The van der Waals surface area contributed by atoms with Gasteiger partial charge in [0.05, 0.1) is 11.0 Å². The van der Waals surface area contributed by atoms with Crippen LogP contribution in [0.5, 0.6) is 0 Å². The van der Waals surface area contributed by atoms with E-state index < -0.39 is 0 Å². The minimum atomic E-state index is 0.627. The highest BCUT2D eigenvalue weighted by Gasteiger charge is 2.09. The molecule has 0 aliphatic carbocycles. The summed E-state index contributed by atoms with van der Waals surface area (Å²) in [6.45, 7) is 0. The molecule has 20 heavy (non-hydrogen) atoms. The minimum absolute atomic E-state index is 0.627. The number of benzene rings is 2. The largest absolute Gasteiger partial charge is 0.236 e. The van der Waals surface area contributed by atoms with Crippen molar-refractivity contribution >= 4 is 21.8 Å². The van der Waals surface area contributed by atoms with Gasteiger partial charge >= 0.3 is 0 Å². The average Bonchev–Trinajstić information content (AvgIpc) is 2.54. The number of rotatable bonds is 1. The molecule has 0 fully saturated rings. The zero-order valence-corrected chi connectivity index (χ0v) is 10.6. The average molecular weight is 258 g/mol. The first-order chi connectivity index (χ1) is 9.92. The quantitative estimate of drug-likeness (QED) is 0.526. The third-order valence-electron chi connectivity index (χ3n) is 3.24. The fourth-order valence-corrected chi connectivity index (χ4v) is 2.27. The summed E-state index contributed by atoms with van der Waals surface area (Å²) < 4.78 is 0. The van der Waals surface area contributed by atoms with E-state index in [-0.39, 0.29) is 0 Å². The standard InChI is InChI=1S/C16H10N4/c1-3-7-13-11(5-1)9-17-16(20-13)15-12-6-2-4-8-14(12)18-10-19-15/h1-10H. The van der Waals surface area contributed by atoms with E-state index in [0.29, 0.717) is 5.82 Å². The first-order valence-corrected chi connectivity index (χ1v) is 6.34. The Morgan fingerprint density at radius 3 is 2.45 bits per heavy atom. The third-order valence-corrected chi connectivity index (χ3v) is 3.24. The summed E-state index contributed by atoms with van der Waals surface area (Å²) in [4.78, 5) is 17.6. The lowest BCUT2D eigenvalue weighted by Crippen LogP contribution is -1.94. The van der Waals surface area contributed by atoms with Crippen LogP contribution in [0.3, 0.4) is 0 Å². The maximum absolute atomic E-state index is 4.59. The lowest BCUT2D eigenvalue weighted by molar-refractivity contribution is 1.15. The number of hydrogen-bond donors (Lipinski definition) is 0. The van der Waals surface area contributed by atoms with Crippen LogP contribution in [-0.2, 0) is 0 Å². The van der Waals surface area contributed by atoms with Gasteiger partial charge in [-0.15, -0.1) is 0 Å². The van der Waals surface area contributed by atoms with Crippen molar-refractivity contribution < 1.29 is 0 Å². The van der Waals surface area contributed by atoms with E-state index in [2.05, 4.69) is 19.9 Å².